The first kappa shape index (κ1) is 28.1. The molecule has 1 saturated carbocycles. The molecule has 38 heavy (non-hydrogen) atoms. The highest BCUT2D eigenvalue weighted by atomic mass is 32.2. The van der Waals surface area contributed by atoms with Gasteiger partial charge >= 0.3 is 0 Å². The van der Waals surface area contributed by atoms with E-state index < -0.39 is 22.2 Å². The molecule has 0 saturated heterocycles. The molecule has 2 aromatic rings. The van der Waals surface area contributed by atoms with Gasteiger partial charge < -0.3 is 24.6 Å². The van der Waals surface area contributed by atoms with E-state index in [0.717, 1.165) is 12.8 Å². The van der Waals surface area contributed by atoms with Gasteiger partial charge in [0.25, 0.3) is 0 Å². The van der Waals surface area contributed by atoms with Crippen molar-refractivity contribution in [2.45, 2.75) is 64.0 Å². The number of anilines is 1. The van der Waals surface area contributed by atoms with Crippen LogP contribution in [0.15, 0.2) is 27.6 Å². The van der Waals surface area contributed by atoms with Crippen LogP contribution in [-0.4, -0.2) is 78.6 Å². The van der Waals surface area contributed by atoms with Crippen molar-refractivity contribution < 1.29 is 32.4 Å². The third-order valence-corrected chi connectivity index (χ3v) is 9.27. The van der Waals surface area contributed by atoms with Gasteiger partial charge in [0, 0.05) is 36.7 Å². The zero-order valence-electron chi connectivity index (χ0n) is 22.4. The fourth-order valence-electron chi connectivity index (χ4n) is 4.67. The largest absolute Gasteiger partial charge is 0.488 e. The first-order valence-corrected chi connectivity index (χ1v) is 14.3. The zero-order valence-corrected chi connectivity index (χ0v) is 23.2. The molecule has 1 aliphatic heterocycles. The van der Waals surface area contributed by atoms with E-state index in [1.807, 2.05) is 6.92 Å². The predicted molar refractivity (Wildman–Crippen MR) is 139 cm³/mol. The van der Waals surface area contributed by atoms with Crippen molar-refractivity contribution in [3.63, 3.8) is 0 Å². The van der Waals surface area contributed by atoms with Crippen LogP contribution >= 0.6 is 0 Å². The van der Waals surface area contributed by atoms with Crippen LogP contribution in [0, 0.1) is 25.7 Å². The number of carbonyl (C=O) groups is 2. The van der Waals surface area contributed by atoms with Crippen molar-refractivity contribution in [1.82, 2.24) is 14.4 Å². The number of ether oxygens (including phenoxy) is 1. The standard InChI is InChI=1S/C26H36N4O7S/c1-15-12-30(16(2)14-31)24(32)11-20-10-21(27-26(33)19-6-7-19)8-9-22(20)36-23(15)13-29(5)38(34,35)25-17(3)28-37-18(25)4/h8-10,15-16,19,23,31H,6-7,11-14H2,1-5H3,(H,27,33)/t15-,16+,23-/m1/s1. The summed E-state index contributed by atoms with van der Waals surface area (Å²) in [7, 11) is -2.45. The Bertz CT molecular complexity index is 1290. The summed E-state index contributed by atoms with van der Waals surface area (Å²) in [6.07, 6.45) is 1.13. The van der Waals surface area contributed by atoms with Crippen molar-refractivity contribution >= 4 is 27.5 Å². The lowest BCUT2D eigenvalue weighted by Gasteiger charge is -2.33. The molecule has 0 bridgehead atoms. The fourth-order valence-corrected chi connectivity index (χ4v) is 6.13. The monoisotopic (exact) mass is 548 g/mol. The van der Waals surface area contributed by atoms with E-state index in [-0.39, 0.29) is 66.1 Å². The molecule has 1 fully saturated rings. The van der Waals surface area contributed by atoms with Crippen LogP contribution in [0.2, 0.25) is 0 Å². The van der Waals surface area contributed by atoms with Crippen LogP contribution < -0.4 is 10.1 Å². The van der Waals surface area contributed by atoms with Crippen molar-refractivity contribution in [1.29, 1.82) is 0 Å². The second kappa shape index (κ2) is 11.0. The van der Waals surface area contributed by atoms with Crippen molar-refractivity contribution in [3.05, 3.63) is 35.2 Å². The summed E-state index contributed by atoms with van der Waals surface area (Å²) in [4.78, 5) is 27.3. The number of aliphatic hydroxyl groups is 1. The summed E-state index contributed by atoms with van der Waals surface area (Å²) in [5.41, 5.74) is 1.42. The Morgan fingerprint density at radius 2 is 2.03 bits per heavy atom. The maximum Gasteiger partial charge on any atom is 0.248 e. The molecule has 2 aliphatic rings. The molecule has 2 N–H and O–H groups in total. The number of hydrogen-bond acceptors (Lipinski definition) is 8. The fraction of sp³-hybridized carbons (Fsp3) is 0.577. The van der Waals surface area contributed by atoms with E-state index in [1.165, 1.54) is 11.4 Å². The predicted octanol–water partition coefficient (Wildman–Crippen LogP) is 2.11. The molecule has 11 nitrogen and oxygen atoms in total. The highest BCUT2D eigenvalue weighted by Crippen LogP contribution is 2.33. The third-order valence-electron chi connectivity index (χ3n) is 7.21. The van der Waals surface area contributed by atoms with E-state index >= 15 is 0 Å². The Morgan fingerprint density at radius 1 is 1.32 bits per heavy atom. The average Bonchev–Trinajstić information content (AvgIpc) is 3.65. The first-order valence-electron chi connectivity index (χ1n) is 12.8. The van der Waals surface area contributed by atoms with Gasteiger partial charge in [-0.3, -0.25) is 9.59 Å². The lowest BCUT2D eigenvalue weighted by atomic mass is 10.0. The normalized spacial score (nSPS) is 21.2. The summed E-state index contributed by atoms with van der Waals surface area (Å²) >= 11 is 0. The zero-order chi connectivity index (χ0) is 27.8. The molecule has 2 amide bonds. The minimum absolute atomic E-state index is 0.00268. The van der Waals surface area contributed by atoms with E-state index in [0.29, 0.717) is 17.0 Å². The van der Waals surface area contributed by atoms with Gasteiger partial charge in [0.15, 0.2) is 5.76 Å². The molecular weight excluding hydrogens is 512 g/mol. The maximum absolute atomic E-state index is 13.4. The van der Waals surface area contributed by atoms with E-state index in [1.54, 1.807) is 43.9 Å². The molecule has 1 aromatic heterocycles. The minimum Gasteiger partial charge on any atom is -0.488 e. The van der Waals surface area contributed by atoms with E-state index in [4.69, 9.17) is 9.26 Å². The summed E-state index contributed by atoms with van der Waals surface area (Å²) in [6, 6.07) is 4.72. The lowest BCUT2D eigenvalue weighted by molar-refractivity contribution is -0.134. The Morgan fingerprint density at radius 3 is 2.63 bits per heavy atom. The van der Waals surface area contributed by atoms with Gasteiger partial charge in [0.2, 0.25) is 21.8 Å². The smallest absolute Gasteiger partial charge is 0.248 e. The third kappa shape index (κ3) is 5.87. The number of aliphatic hydroxyl groups excluding tert-OH is 1. The number of nitrogens with one attached hydrogen (secondary N) is 1. The number of nitrogens with zero attached hydrogens (tertiary/aromatic N) is 3. The van der Waals surface area contributed by atoms with Crippen LogP contribution in [0.25, 0.3) is 0 Å². The SMILES string of the molecule is Cc1noc(C)c1S(=O)(=O)N(C)C[C@H]1Oc2ccc(NC(=O)C3CC3)cc2CC(=O)N([C@@H](C)CO)C[C@H]1C. The quantitative estimate of drug-likeness (QED) is 0.511. The molecule has 0 unspecified atom stereocenters. The Hall–Kier alpha value is -2.96. The number of sulfonamides is 1. The van der Waals surface area contributed by atoms with Gasteiger partial charge in [0.1, 0.15) is 22.4 Å². The summed E-state index contributed by atoms with van der Waals surface area (Å²) in [6.45, 7) is 6.84. The van der Waals surface area contributed by atoms with Gasteiger partial charge in [-0.05, 0) is 51.8 Å². The van der Waals surface area contributed by atoms with Crippen LogP contribution in [0.5, 0.6) is 5.75 Å². The second-order valence-corrected chi connectivity index (χ2v) is 12.4. The number of likely N-dealkylation sites (N-methyl/N-ethyl adjacent to an activating group) is 1. The molecule has 1 aliphatic carbocycles. The Labute approximate surface area is 223 Å². The number of aromatic nitrogens is 1. The minimum atomic E-state index is -3.93. The highest BCUT2D eigenvalue weighted by molar-refractivity contribution is 7.89. The van der Waals surface area contributed by atoms with Crippen LogP contribution in [0.3, 0.4) is 0 Å². The van der Waals surface area contributed by atoms with E-state index in [9.17, 15) is 23.1 Å². The number of fused-ring (bicyclic) bond motifs is 1. The summed E-state index contributed by atoms with van der Waals surface area (Å²) in [5, 5.41) is 16.5. The van der Waals surface area contributed by atoms with Crippen LogP contribution in [0.4, 0.5) is 5.69 Å². The van der Waals surface area contributed by atoms with Gasteiger partial charge in [-0.25, -0.2) is 8.42 Å². The molecule has 4 rings (SSSR count). The van der Waals surface area contributed by atoms with Gasteiger partial charge in [-0.2, -0.15) is 4.31 Å². The number of carbonyl (C=O) groups excluding carboxylic acids is 2. The molecule has 1 aromatic carbocycles. The number of benzene rings is 1. The highest BCUT2D eigenvalue weighted by Gasteiger charge is 2.35. The number of amides is 2. The van der Waals surface area contributed by atoms with Gasteiger partial charge in [-0.15, -0.1) is 0 Å². The number of aryl methyl sites for hydroxylation is 2. The van der Waals surface area contributed by atoms with E-state index in [2.05, 4.69) is 10.5 Å². The molecule has 0 radical (unpaired) electrons. The maximum atomic E-state index is 13.4. The van der Waals surface area contributed by atoms with Crippen molar-refractivity contribution in [2.75, 3.05) is 32.1 Å². The molecule has 12 heteroatoms. The summed E-state index contributed by atoms with van der Waals surface area (Å²) < 4.78 is 39.5. The van der Waals surface area contributed by atoms with Crippen molar-refractivity contribution in [2.24, 2.45) is 11.8 Å². The topological polar surface area (TPSA) is 142 Å². The average molecular weight is 549 g/mol. The van der Waals surface area contributed by atoms with Crippen molar-refractivity contribution in [3.8, 4) is 5.75 Å². The second-order valence-electron chi connectivity index (χ2n) is 10.4. The van der Waals surface area contributed by atoms with Gasteiger partial charge in [0.05, 0.1) is 25.6 Å². The Kier molecular flexibility index (Phi) is 8.15. The molecule has 3 atom stereocenters. The number of hydrogen-bond donors (Lipinski definition) is 2. The van der Waals surface area contributed by atoms with Gasteiger partial charge in [-0.1, -0.05) is 12.1 Å². The molecule has 0 spiro atoms. The molecule has 208 valence electrons. The first-order chi connectivity index (χ1) is 17.9. The van der Waals surface area contributed by atoms with Crippen LogP contribution in [-0.2, 0) is 26.0 Å². The Balaban J connectivity index is 1.66. The number of rotatable bonds is 8. The molecular formula is C26H36N4O7S. The lowest BCUT2D eigenvalue weighted by Crippen LogP contribution is -2.48. The van der Waals surface area contributed by atoms with Crippen LogP contribution in [0.1, 0.15) is 43.7 Å². The molecule has 2 heterocycles. The summed E-state index contributed by atoms with van der Waals surface area (Å²) in [5.74, 6) is 0.160.